The molecule has 1 atom stereocenters. The molecule has 118 valence electrons. The maximum Gasteiger partial charge on any atom is 0.164 e. The lowest BCUT2D eigenvalue weighted by Crippen LogP contribution is -2.10. The summed E-state index contributed by atoms with van der Waals surface area (Å²) in [5.74, 6) is 0.157. The third kappa shape index (κ3) is 3.01. The van der Waals surface area contributed by atoms with Crippen molar-refractivity contribution in [1.29, 1.82) is 0 Å². The number of ketones is 1. The Kier molecular flexibility index (Phi) is 4.22. The number of fused-ring (bicyclic) bond motifs is 1. The van der Waals surface area contributed by atoms with E-state index in [4.69, 9.17) is 0 Å². The predicted molar refractivity (Wildman–Crippen MR) is 93.9 cm³/mol. The van der Waals surface area contributed by atoms with Gasteiger partial charge < -0.3 is 0 Å². The first-order valence-corrected chi connectivity index (χ1v) is 8.45. The van der Waals surface area contributed by atoms with Gasteiger partial charge in [-0.15, -0.1) is 0 Å². The monoisotopic (exact) mass is 325 g/mol. The summed E-state index contributed by atoms with van der Waals surface area (Å²) in [6.07, 6.45) is 0. The minimum absolute atomic E-state index is 0.107. The van der Waals surface area contributed by atoms with Crippen LogP contribution in [0.25, 0.3) is 16.8 Å². The van der Waals surface area contributed by atoms with E-state index in [1.807, 2.05) is 49.6 Å². The molecule has 0 aliphatic rings. The number of nitrogens with zero attached hydrogens (tertiary/aromatic N) is 3. The number of carbonyl (C=O) groups excluding carboxylic acids is 1. The average molecular weight is 325 g/mol. The van der Waals surface area contributed by atoms with Crippen LogP contribution in [0.15, 0.2) is 41.4 Å². The van der Waals surface area contributed by atoms with E-state index in [9.17, 15) is 4.79 Å². The second-order valence-electron chi connectivity index (χ2n) is 5.67. The molecule has 0 aliphatic heterocycles. The quantitative estimate of drug-likeness (QED) is 0.535. The van der Waals surface area contributed by atoms with E-state index < -0.39 is 0 Å². The number of Topliss-reactive ketones (excluding diaryl/α,β-unsaturated/α-hetero) is 1. The van der Waals surface area contributed by atoms with Crippen LogP contribution >= 0.6 is 11.8 Å². The molecule has 3 aromatic rings. The summed E-state index contributed by atoms with van der Waals surface area (Å²) in [5, 5.41) is 5.50. The Hall–Kier alpha value is -2.14. The van der Waals surface area contributed by atoms with Gasteiger partial charge in [0, 0.05) is 11.3 Å². The number of aromatic nitrogens is 3. The molecule has 0 radical (unpaired) electrons. The molecule has 0 N–H and O–H groups in total. The fourth-order valence-electron chi connectivity index (χ4n) is 2.50. The van der Waals surface area contributed by atoms with Gasteiger partial charge in [-0.1, -0.05) is 42.1 Å². The van der Waals surface area contributed by atoms with Crippen LogP contribution in [0.2, 0.25) is 0 Å². The summed E-state index contributed by atoms with van der Waals surface area (Å²) >= 11 is 1.52. The largest absolute Gasteiger partial charge is 0.299 e. The minimum Gasteiger partial charge on any atom is -0.299 e. The zero-order chi connectivity index (χ0) is 16.6. The molecule has 0 bridgehead atoms. The molecular formula is C18H19N3OS. The Morgan fingerprint density at radius 3 is 2.57 bits per heavy atom. The lowest BCUT2D eigenvalue weighted by atomic mass is 10.1. The Morgan fingerprint density at radius 1 is 1.22 bits per heavy atom. The molecule has 0 saturated heterocycles. The highest BCUT2D eigenvalue weighted by Gasteiger charge is 2.18. The first-order valence-electron chi connectivity index (χ1n) is 7.57. The van der Waals surface area contributed by atoms with E-state index in [0.717, 1.165) is 33.2 Å². The van der Waals surface area contributed by atoms with E-state index in [-0.39, 0.29) is 11.0 Å². The highest BCUT2D eigenvalue weighted by atomic mass is 32.2. The maximum atomic E-state index is 11.6. The summed E-state index contributed by atoms with van der Waals surface area (Å²) in [4.78, 5) is 16.3. The van der Waals surface area contributed by atoms with E-state index in [2.05, 4.69) is 22.2 Å². The molecule has 1 unspecified atom stereocenters. The Labute approximate surface area is 139 Å². The average Bonchev–Trinajstić information content (AvgIpc) is 2.84. The number of hydrogen-bond acceptors (Lipinski definition) is 4. The van der Waals surface area contributed by atoms with Gasteiger partial charge in [0.25, 0.3) is 0 Å². The van der Waals surface area contributed by atoms with Crippen molar-refractivity contribution < 1.29 is 4.79 Å². The van der Waals surface area contributed by atoms with Crippen LogP contribution in [0, 0.1) is 13.8 Å². The second kappa shape index (κ2) is 6.16. The Morgan fingerprint density at radius 2 is 1.91 bits per heavy atom. The topological polar surface area (TPSA) is 47.3 Å². The molecular weight excluding hydrogens is 306 g/mol. The second-order valence-corrected chi connectivity index (χ2v) is 7.03. The molecule has 3 rings (SSSR count). The van der Waals surface area contributed by atoms with Gasteiger partial charge in [0.1, 0.15) is 10.8 Å². The Balaban J connectivity index is 2.20. The van der Waals surface area contributed by atoms with E-state index in [1.54, 1.807) is 6.92 Å². The molecule has 0 fully saturated rings. The summed E-state index contributed by atoms with van der Waals surface area (Å²) in [5.41, 5.74) is 4.85. The van der Waals surface area contributed by atoms with Crippen molar-refractivity contribution in [2.24, 2.45) is 0 Å². The summed E-state index contributed by atoms with van der Waals surface area (Å²) in [6, 6.07) is 12.2. The maximum absolute atomic E-state index is 11.6. The van der Waals surface area contributed by atoms with Gasteiger partial charge in [0.15, 0.2) is 5.65 Å². The van der Waals surface area contributed by atoms with E-state index in [0.29, 0.717) is 0 Å². The first kappa shape index (κ1) is 15.7. The van der Waals surface area contributed by atoms with Gasteiger partial charge in [-0.3, -0.25) is 4.79 Å². The van der Waals surface area contributed by atoms with Crippen LogP contribution in [0.3, 0.4) is 0 Å². The molecule has 2 heterocycles. The lowest BCUT2D eigenvalue weighted by Gasteiger charge is -2.10. The van der Waals surface area contributed by atoms with Crippen LogP contribution in [0.4, 0.5) is 0 Å². The lowest BCUT2D eigenvalue weighted by molar-refractivity contribution is -0.116. The molecule has 2 aromatic heterocycles. The van der Waals surface area contributed by atoms with Crippen LogP contribution in [0.1, 0.15) is 25.2 Å². The Bertz CT molecular complexity index is 871. The number of benzene rings is 1. The summed E-state index contributed by atoms with van der Waals surface area (Å²) in [6.45, 7) is 7.50. The van der Waals surface area contributed by atoms with E-state index in [1.165, 1.54) is 11.8 Å². The third-order valence-corrected chi connectivity index (χ3v) is 5.01. The van der Waals surface area contributed by atoms with Crippen molar-refractivity contribution in [3.05, 3.63) is 47.8 Å². The fourth-order valence-corrected chi connectivity index (χ4v) is 3.50. The van der Waals surface area contributed by atoms with Gasteiger partial charge in [-0.25, -0.2) is 9.50 Å². The van der Waals surface area contributed by atoms with Gasteiger partial charge in [-0.2, -0.15) is 5.10 Å². The van der Waals surface area contributed by atoms with Crippen LogP contribution < -0.4 is 0 Å². The van der Waals surface area contributed by atoms with Gasteiger partial charge in [-0.05, 0) is 39.3 Å². The molecule has 0 aliphatic carbocycles. The van der Waals surface area contributed by atoms with Crippen molar-refractivity contribution in [3.63, 3.8) is 0 Å². The normalized spacial score (nSPS) is 12.5. The van der Waals surface area contributed by atoms with Crippen LogP contribution in [-0.2, 0) is 4.79 Å². The van der Waals surface area contributed by atoms with Gasteiger partial charge in [0.05, 0.1) is 10.9 Å². The number of carbonyl (C=O) groups is 1. The van der Waals surface area contributed by atoms with Crippen LogP contribution in [0.5, 0.6) is 0 Å². The van der Waals surface area contributed by atoms with Gasteiger partial charge in [0.2, 0.25) is 0 Å². The smallest absolute Gasteiger partial charge is 0.164 e. The predicted octanol–water partition coefficient (Wildman–Crippen LogP) is 4.08. The van der Waals surface area contributed by atoms with Crippen molar-refractivity contribution in [2.45, 2.75) is 38.0 Å². The molecule has 5 heteroatoms. The fraction of sp³-hybridized carbons (Fsp3) is 0.278. The standard InChI is InChI=1S/C18H19N3OS/c1-11-10-16(23-14(4)13(3)22)21-18(19-11)17(12(2)20-21)15-8-6-5-7-9-15/h5-10,14H,1-4H3. The third-order valence-electron chi connectivity index (χ3n) is 3.79. The molecule has 0 saturated carbocycles. The molecule has 0 spiro atoms. The zero-order valence-corrected chi connectivity index (χ0v) is 14.5. The zero-order valence-electron chi connectivity index (χ0n) is 13.7. The van der Waals surface area contributed by atoms with Crippen molar-refractivity contribution >= 4 is 23.2 Å². The SMILES string of the molecule is CC(=O)C(C)Sc1cc(C)nc2c(-c3ccccc3)c(C)nn12. The first-order chi connectivity index (χ1) is 11.0. The number of hydrogen-bond donors (Lipinski definition) is 0. The highest BCUT2D eigenvalue weighted by molar-refractivity contribution is 8.00. The minimum atomic E-state index is -0.107. The van der Waals surface area contributed by atoms with Crippen molar-refractivity contribution in [1.82, 2.24) is 14.6 Å². The summed E-state index contributed by atoms with van der Waals surface area (Å²) in [7, 11) is 0. The van der Waals surface area contributed by atoms with Crippen molar-refractivity contribution in [3.8, 4) is 11.1 Å². The molecule has 1 aromatic carbocycles. The van der Waals surface area contributed by atoms with E-state index >= 15 is 0 Å². The number of thioether (sulfide) groups is 1. The van der Waals surface area contributed by atoms with Crippen LogP contribution in [-0.4, -0.2) is 25.6 Å². The number of aryl methyl sites for hydroxylation is 2. The van der Waals surface area contributed by atoms with Crippen molar-refractivity contribution in [2.75, 3.05) is 0 Å². The van der Waals surface area contributed by atoms with Gasteiger partial charge >= 0.3 is 0 Å². The highest BCUT2D eigenvalue weighted by Crippen LogP contribution is 2.31. The summed E-state index contributed by atoms with van der Waals surface area (Å²) < 4.78 is 1.86. The molecule has 4 nitrogen and oxygen atoms in total. The molecule has 23 heavy (non-hydrogen) atoms. The molecule has 0 amide bonds. The number of rotatable bonds is 4.